The van der Waals surface area contributed by atoms with Crippen LogP contribution in [0.25, 0.3) is 0 Å². The summed E-state index contributed by atoms with van der Waals surface area (Å²) in [5.74, 6) is -0.252. The predicted octanol–water partition coefficient (Wildman–Crippen LogP) is 3.86. The minimum Gasteiger partial charge on any atom is -0.322 e. The molecule has 19 heavy (non-hydrogen) atoms. The van der Waals surface area contributed by atoms with Crippen molar-refractivity contribution in [3.05, 3.63) is 58.1 Å². The van der Waals surface area contributed by atoms with Crippen molar-refractivity contribution in [1.82, 2.24) is 0 Å². The fourth-order valence-corrected chi connectivity index (χ4v) is 2.18. The third-order valence-electron chi connectivity index (χ3n) is 2.44. The fraction of sp³-hybridized carbons (Fsp3) is 0. The van der Waals surface area contributed by atoms with E-state index in [2.05, 4.69) is 33.9 Å². The third kappa shape index (κ3) is 3.37. The first-order chi connectivity index (χ1) is 9.10. The first-order valence-electron chi connectivity index (χ1n) is 5.40. The van der Waals surface area contributed by atoms with Gasteiger partial charge in [0.2, 0.25) is 0 Å². The number of carbonyl (C=O) groups is 1. The van der Waals surface area contributed by atoms with Gasteiger partial charge in [-0.25, -0.2) is 0 Å². The van der Waals surface area contributed by atoms with Crippen LogP contribution in [0.5, 0.6) is 0 Å². The van der Waals surface area contributed by atoms with E-state index in [1.54, 1.807) is 42.5 Å². The maximum atomic E-state index is 12.1. The number of nitrogens with zero attached hydrogens (tertiary/aromatic N) is 1. The smallest absolute Gasteiger partial charge is 0.256 e. The number of hydrogen-bond acceptors (Lipinski definition) is 3. The third-order valence-corrected chi connectivity index (χ3v) is 3.41. The maximum absolute atomic E-state index is 12.1. The van der Waals surface area contributed by atoms with Crippen molar-refractivity contribution in [2.45, 2.75) is 4.90 Å². The summed E-state index contributed by atoms with van der Waals surface area (Å²) in [6.45, 7) is 0. The minimum absolute atomic E-state index is 0.252. The van der Waals surface area contributed by atoms with Crippen LogP contribution in [0.3, 0.4) is 0 Å². The van der Waals surface area contributed by atoms with E-state index in [0.29, 0.717) is 26.2 Å². The van der Waals surface area contributed by atoms with Crippen molar-refractivity contribution in [3.63, 3.8) is 0 Å². The molecule has 0 atom stereocenters. The van der Waals surface area contributed by atoms with Crippen LogP contribution in [0.4, 0.5) is 5.69 Å². The van der Waals surface area contributed by atoms with Gasteiger partial charge in [-0.05, 0) is 52.3 Å². The number of anilines is 1. The van der Waals surface area contributed by atoms with Crippen molar-refractivity contribution in [2.24, 2.45) is 0 Å². The lowest BCUT2D eigenvalue weighted by Gasteiger charge is -2.07. The van der Waals surface area contributed by atoms with Gasteiger partial charge in [-0.3, -0.25) is 4.79 Å². The first-order valence-corrected chi connectivity index (χ1v) is 6.64. The Morgan fingerprint density at radius 3 is 2.79 bits per heavy atom. The van der Waals surface area contributed by atoms with E-state index in [4.69, 9.17) is 5.26 Å². The highest BCUT2D eigenvalue weighted by Gasteiger charge is 2.10. The van der Waals surface area contributed by atoms with Gasteiger partial charge in [-0.2, -0.15) is 5.26 Å². The summed E-state index contributed by atoms with van der Waals surface area (Å²) in [5.41, 5.74) is 1.58. The molecule has 0 heterocycles. The molecule has 0 saturated carbocycles. The Morgan fingerprint density at radius 2 is 2.05 bits per heavy atom. The zero-order chi connectivity index (χ0) is 13.8. The average Bonchev–Trinajstić information content (AvgIpc) is 2.41. The summed E-state index contributed by atoms with van der Waals surface area (Å²) in [6, 6.07) is 14.0. The second-order valence-corrected chi connectivity index (χ2v) is 5.18. The number of thiol groups is 1. The molecule has 5 heteroatoms. The topological polar surface area (TPSA) is 52.9 Å². The van der Waals surface area contributed by atoms with Crippen LogP contribution in [0.15, 0.2) is 51.8 Å². The molecule has 2 rings (SSSR count). The molecule has 0 bridgehead atoms. The Balaban J connectivity index is 2.26. The van der Waals surface area contributed by atoms with E-state index in [1.165, 1.54) is 0 Å². The van der Waals surface area contributed by atoms with Crippen molar-refractivity contribution in [3.8, 4) is 6.07 Å². The second-order valence-electron chi connectivity index (χ2n) is 3.81. The Bertz CT molecular complexity index is 679. The lowest BCUT2D eigenvalue weighted by molar-refractivity contribution is 0.102. The molecule has 2 aromatic carbocycles. The lowest BCUT2D eigenvalue weighted by atomic mass is 10.2. The summed E-state index contributed by atoms with van der Waals surface area (Å²) >= 11 is 7.54. The average molecular weight is 333 g/mol. The number of nitrogens with one attached hydrogen (secondary N) is 1. The second kappa shape index (κ2) is 5.91. The SMILES string of the molecule is N#Cc1cccc(NC(=O)c2cc(S)ccc2Br)c1. The van der Waals surface area contributed by atoms with E-state index >= 15 is 0 Å². The number of nitriles is 1. The highest BCUT2D eigenvalue weighted by molar-refractivity contribution is 9.10. The van der Waals surface area contributed by atoms with Gasteiger partial charge in [-0.15, -0.1) is 12.6 Å². The summed E-state index contributed by atoms with van der Waals surface area (Å²) in [5, 5.41) is 11.6. The van der Waals surface area contributed by atoms with Crippen LogP contribution in [-0.2, 0) is 0 Å². The van der Waals surface area contributed by atoms with Crippen LogP contribution in [0, 0.1) is 11.3 Å². The first kappa shape index (κ1) is 13.7. The minimum atomic E-state index is -0.252. The normalized spacial score (nSPS) is 9.74. The summed E-state index contributed by atoms with van der Waals surface area (Å²) in [7, 11) is 0. The molecule has 1 amide bonds. The van der Waals surface area contributed by atoms with Crippen LogP contribution in [-0.4, -0.2) is 5.91 Å². The van der Waals surface area contributed by atoms with E-state index in [-0.39, 0.29) is 5.91 Å². The van der Waals surface area contributed by atoms with Crippen LogP contribution >= 0.6 is 28.6 Å². The van der Waals surface area contributed by atoms with Gasteiger partial charge in [0.15, 0.2) is 0 Å². The monoisotopic (exact) mass is 332 g/mol. The quantitative estimate of drug-likeness (QED) is 0.820. The zero-order valence-electron chi connectivity index (χ0n) is 9.72. The van der Waals surface area contributed by atoms with Crippen LogP contribution < -0.4 is 5.32 Å². The van der Waals surface area contributed by atoms with E-state index in [1.807, 2.05) is 6.07 Å². The molecule has 0 radical (unpaired) electrons. The molecule has 94 valence electrons. The molecule has 3 nitrogen and oxygen atoms in total. The van der Waals surface area contributed by atoms with E-state index in [9.17, 15) is 4.79 Å². The van der Waals surface area contributed by atoms with Gasteiger partial charge in [0.05, 0.1) is 17.2 Å². The van der Waals surface area contributed by atoms with Gasteiger partial charge >= 0.3 is 0 Å². The summed E-state index contributed by atoms with van der Waals surface area (Å²) in [4.78, 5) is 12.8. The van der Waals surface area contributed by atoms with E-state index in [0.717, 1.165) is 0 Å². The van der Waals surface area contributed by atoms with Gasteiger partial charge in [0.1, 0.15) is 0 Å². The Labute approximate surface area is 124 Å². The number of halogens is 1. The summed E-state index contributed by atoms with van der Waals surface area (Å²) < 4.78 is 0.694. The van der Waals surface area contributed by atoms with Gasteiger partial charge in [0.25, 0.3) is 5.91 Å². The van der Waals surface area contributed by atoms with Crippen molar-refractivity contribution in [2.75, 3.05) is 5.32 Å². The highest BCUT2D eigenvalue weighted by Crippen LogP contribution is 2.21. The van der Waals surface area contributed by atoms with E-state index < -0.39 is 0 Å². The van der Waals surface area contributed by atoms with Crippen molar-refractivity contribution >= 4 is 40.2 Å². The summed E-state index contributed by atoms with van der Waals surface area (Å²) in [6.07, 6.45) is 0. The fourth-order valence-electron chi connectivity index (χ4n) is 1.55. The van der Waals surface area contributed by atoms with Crippen molar-refractivity contribution in [1.29, 1.82) is 5.26 Å². The molecule has 0 aliphatic rings. The molecule has 1 N–H and O–H groups in total. The Morgan fingerprint density at radius 1 is 1.26 bits per heavy atom. The maximum Gasteiger partial charge on any atom is 0.256 e. The molecule has 0 aliphatic heterocycles. The molecule has 0 fully saturated rings. The number of hydrogen-bond donors (Lipinski definition) is 2. The van der Waals surface area contributed by atoms with Crippen LogP contribution in [0.2, 0.25) is 0 Å². The Kier molecular flexibility index (Phi) is 4.25. The number of rotatable bonds is 2. The Hall–Kier alpha value is -1.77. The van der Waals surface area contributed by atoms with Gasteiger partial charge in [-0.1, -0.05) is 6.07 Å². The number of benzene rings is 2. The standard InChI is InChI=1S/C14H9BrN2OS/c15-13-5-4-11(19)7-12(13)14(18)17-10-3-1-2-9(6-10)8-16/h1-7,19H,(H,17,18). The molecule has 0 spiro atoms. The van der Waals surface area contributed by atoms with Gasteiger partial charge in [0, 0.05) is 15.1 Å². The molecule has 2 aromatic rings. The predicted molar refractivity (Wildman–Crippen MR) is 80.5 cm³/mol. The highest BCUT2D eigenvalue weighted by atomic mass is 79.9. The van der Waals surface area contributed by atoms with Crippen LogP contribution in [0.1, 0.15) is 15.9 Å². The van der Waals surface area contributed by atoms with Gasteiger partial charge < -0.3 is 5.32 Å². The van der Waals surface area contributed by atoms with Crippen molar-refractivity contribution < 1.29 is 4.79 Å². The molecule has 0 unspecified atom stereocenters. The molecular formula is C14H9BrN2OS. The molecule has 0 aromatic heterocycles. The molecular weight excluding hydrogens is 324 g/mol. The lowest BCUT2D eigenvalue weighted by Crippen LogP contribution is -2.12. The molecule has 0 saturated heterocycles. The largest absolute Gasteiger partial charge is 0.322 e. The molecule has 0 aliphatic carbocycles. The zero-order valence-corrected chi connectivity index (χ0v) is 12.2. The number of amides is 1. The number of carbonyl (C=O) groups excluding carboxylic acids is 1.